The number of phenols is 1. The third kappa shape index (κ3) is 4.01. The van der Waals surface area contributed by atoms with Crippen LogP contribution in [-0.4, -0.2) is 97.8 Å². The monoisotopic (exact) mass is 609 g/mol. The highest BCUT2D eigenvalue weighted by atomic mass is 79.9. The number of aliphatic hydroxyl groups is 4. The molecule has 0 heterocycles. The number of carbonyl (C=O) groups is 4. The van der Waals surface area contributed by atoms with E-state index >= 15 is 0 Å². The molecule has 1 saturated carbocycles. The molecule has 1 fully saturated rings. The van der Waals surface area contributed by atoms with Crippen molar-refractivity contribution in [3.05, 3.63) is 40.2 Å². The molecule has 210 valence electrons. The fourth-order valence-electron chi connectivity index (χ4n) is 5.99. The number of rotatable bonds is 5. The molecule has 3 aliphatic rings. The van der Waals surface area contributed by atoms with Gasteiger partial charge >= 0.3 is 6.09 Å². The summed E-state index contributed by atoms with van der Waals surface area (Å²) >= 11 is 3.11. The summed E-state index contributed by atoms with van der Waals surface area (Å²) < 4.78 is 4.91. The number of alkyl halides is 1. The van der Waals surface area contributed by atoms with Crippen LogP contribution in [0.3, 0.4) is 0 Å². The van der Waals surface area contributed by atoms with Gasteiger partial charge in [0, 0.05) is 16.8 Å². The first kappa shape index (κ1) is 28.5. The van der Waals surface area contributed by atoms with Gasteiger partial charge in [-0.1, -0.05) is 28.9 Å². The average Bonchev–Trinajstić information content (AvgIpc) is 2.85. The average molecular weight is 610 g/mol. The Morgan fingerprint density at radius 1 is 1.21 bits per heavy atom. The van der Waals surface area contributed by atoms with Gasteiger partial charge in [0.2, 0.25) is 5.78 Å². The number of benzene rings is 1. The number of aromatic hydroxyl groups is 1. The molecule has 0 bridgehead atoms. The second-order valence-corrected chi connectivity index (χ2v) is 10.7. The number of Topliss-reactive ketones (excluding diaryl/α,β-unsaturated/α-hetero) is 2. The third-order valence-electron chi connectivity index (χ3n) is 7.68. The maximum Gasteiger partial charge on any atom is 0.411 e. The number of likely N-dealkylation sites (N-methyl/N-ethyl adjacent to an activating group) is 1. The predicted molar refractivity (Wildman–Crippen MR) is 139 cm³/mol. The van der Waals surface area contributed by atoms with Crippen LogP contribution in [-0.2, 0) is 19.1 Å². The number of ether oxygens (including phenoxy) is 1. The third-order valence-corrected chi connectivity index (χ3v) is 8.00. The summed E-state index contributed by atoms with van der Waals surface area (Å²) in [6.07, 6.45) is -2.59. The lowest BCUT2D eigenvalue weighted by Gasteiger charge is -2.53. The molecule has 8 N–H and O–H groups in total. The number of ketones is 2. The standard InChI is InChI=1S/C25H28BrN3O10/c1-8-9-4-5-10(28-24(37)39-7-6-26)17(30)12(9)18(31)13-11(8)19(32)15-16(29(2)3)20(33)14(23(27)36)22(35)25(15,38)21(13)34/h4-5,8,11,15-16,19,30-32,35,38H,6-7H2,1-3H3,(H2,27,36)(H,28,37)/t8-,11+,15+,16-,19-,25-/m0/s1. The summed E-state index contributed by atoms with van der Waals surface area (Å²) in [6.45, 7) is 1.64. The number of fused-ring (bicyclic) bond motifs is 3. The van der Waals surface area contributed by atoms with Crippen LogP contribution in [0.5, 0.6) is 5.75 Å². The van der Waals surface area contributed by atoms with Crippen molar-refractivity contribution in [3.8, 4) is 5.75 Å². The fourth-order valence-corrected chi connectivity index (χ4v) is 6.16. The molecule has 3 aliphatic carbocycles. The number of amides is 2. The van der Waals surface area contributed by atoms with Gasteiger partial charge in [0.1, 0.15) is 29.4 Å². The zero-order valence-corrected chi connectivity index (χ0v) is 22.7. The number of anilines is 1. The Labute approximate surface area is 230 Å². The molecule has 4 rings (SSSR count). The summed E-state index contributed by atoms with van der Waals surface area (Å²) in [6, 6.07) is 1.39. The van der Waals surface area contributed by atoms with E-state index in [1.165, 1.54) is 31.1 Å². The lowest BCUT2D eigenvalue weighted by molar-refractivity contribution is -0.169. The van der Waals surface area contributed by atoms with Crippen molar-refractivity contribution in [2.45, 2.75) is 30.6 Å². The molecule has 0 aliphatic heterocycles. The maximum absolute atomic E-state index is 13.9. The number of nitrogens with two attached hydrogens (primary N) is 1. The molecule has 6 atom stereocenters. The molecule has 0 saturated heterocycles. The van der Waals surface area contributed by atoms with E-state index in [1.54, 1.807) is 6.92 Å². The normalized spacial score (nSPS) is 30.1. The van der Waals surface area contributed by atoms with E-state index in [9.17, 15) is 44.7 Å². The van der Waals surface area contributed by atoms with Crippen LogP contribution < -0.4 is 11.1 Å². The molecule has 0 unspecified atom stereocenters. The molecular weight excluding hydrogens is 582 g/mol. The lowest BCUT2D eigenvalue weighted by atomic mass is 9.54. The minimum atomic E-state index is -3.01. The molecule has 0 radical (unpaired) electrons. The summed E-state index contributed by atoms with van der Waals surface area (Å²) in [5.74, 6) is -9.98. The number of hydrogen-bond donors (Lipinski definition) is 7. The zero-order chi connectivity index (χ0) is 29.1. The number of hydrogen-bond acceptors (Lipinski definition) is 11. The fraction of sp³-hybridized carbons (Fsp3) is 0.440. The highest BCUT2D eigenvalue weighted by Crippen LogP contribution is 2.56. The second kappa shape index (κ2) is 9.93. The minimum Gasteiger partial charge on any atom is -0.508 e. The van der Waals surface area contributed by atoms with Gasteiger partial charge < -0.3 is 36.0 Å². The molecule has 13 nitrogen and oxygen atoms in total. The Balaban J connectivity index is 1.94. The number of nitrogens with zero attached hydrogens (tertiary/aromatic N) is 1. The van der Waals surface area contributed by atoms with Gasteiger partial charge in [-0.2, -0.15) is 0 Å². The molecule has 0 spiro atoms. The van der Waals surface area contributed by atoms with Crippen LogP contribution >= 0.6 is 15.9 Å². The first-order chi connectivity index (χ1) is 18.2. The molecular formula is C25H28BrN3O10. The summed E-state index contributed by atoms with van der Waals surface area (Å²) in [7, 11) is 2.86. The molecule has 1 aromatic carbocycles. The van der Waals surface area contributed by atoms with Crippen molar-refractivity contribution >= 4 is 50.9 Å². The van der Waals surface area contributed by atoms with Crippen LogP contribution in [0.4, 0.5) is 10.5 Å². The van der Waals surface area contributed by atoms with Crippen molar-refractivity contribution in [1.82, 2.24) is 4.90 Å². The van der Waals surface area contributed by atoms with Gasteiger partial charge in [0.05, 0.1) is 29.3 Å². The van der Waals surface area contributed by atoms with Gasteiger partial charge in [-0.25, -0.2) is 4.79 Å². The molecule has 2 amide bonds. The van der Waals surface area contributed by atoms with E-state index in [0.717, 1.165) is 0 Å². The Hall–Kier alpha value is -3.46. The smallest absolute Gasteiger partial charge is 0.411 e. The van der Waals surface area contributed by atoms with E-state index in [2.05, 4.69) is 21.2 Å². The topological polar surface area (TPSA) is 220 Å². The Kier molecular flexibility index (Phi) is 7.27. The molecule has 0 aromatic heterocycles. The molecule has 1 aromatic rings. The van der Waals surface area contributed by atoms with Crippen molar-refractivity contribution in [3.63, 3.8) is 0 Å². The van der Waals surface area contributed by atoms with E-state index < -0.39 is 87.5 Å². The van der Waals surface area contributed by atoms with Crippen LogP contribution in [0.25, 0.3) is 5.76 Å². The molecule has 39 heavy (non-hydrogen) atoms. The van der Waals surface area contributed by atoms with Crippen LogP contribution in [0.1, 0.15) is 24.0 Å². The second-order valence-electron chi connectivity index (χ2n) is 9.93. The lowest BCUT2D eigenvalue weighted by Crippen LogP contribution is -2.70. The van der Waals surface area contributed by atoms with E-state index in [1.807, 2.05) is 0 Å². The van der Waals surface area contributed by atoms with Crippen LogP contribution in [0, 0.1) is 11.8 Å². The van der Waals surface area contributed by atoms with E-state index in [4.69, 9.17) is 10.5 Å². The van der Waals surface area contributed by atoms with Gasteiger partial charge in [-0.3, -0.25) is 24.6 Å². The summed E-state index contributed by atoms with van der Waals surface area (Å²) in [4.78, 5) is 52.5. The van der Waals surface area contributed by atoms with Crippen molar-refractivity contribution in [2.75, 3.05) is 31.3 Å². The number of primary amides is 1. The summed E-state index contributed by atoms with van der Waals surface area (Å²) in [5.41, 5.74) is 0.675. The largest absolute Gasteiger partial charge is 0.508 e. The van der Waals surface area contributed by atoms with Crippen molar-refractivity contribution in [1.29, 1.82) is 0 Å². The van der Waals surface area contributed by atoms with Crippen LogP contribution in [0.15, 0.2) is 29.0 Å². The van der Waals surface area contributed by atoms with Gasteiger partial charge in [0.25, 0.3) is 5.91 Å². The molecule has 14 heteroatoms. The maximum atomic E-state index is 13.9. The number of aliphatic hydroxyl groups excluding tert-OH is 3. The van der Waals surface area contributed by atoms with Crippen molar-refractivity contribution < 1.29 is 49.4 Å². The SMILES string of the molecule is C[C@H]1c2ccc(NC(=O)OCCBr)c(O)c2C(O)=C2C(=O)[C@]3(O)C(O)=C(C(N)=O)C(=O)[C@@H](N(C)C)[C@@H]3[C@@H](O)[C@@H]21. The number of carbonyl (C=O) groups excluding carboxylic acids is 4. The van der Waals surface area contributed by atoms with Crippen molar-refractivity contribution in [2.24, 2.45) is 17.6 Å². The Bertz CT molecular complexity index is 1360. The first-order valence-electron chi connectivity index (χ1n) is 11.9. The number of halogens is 1. The van der Waals surface area contributed by atoms with E-state index in [-0.39, 0.29) is 17.9 Å². The first-order valence-corrected chi connectivity index (χ1v) is 13.0. The minimum absolute atomic E-state index is 0.0401. The number of nitrogens with one attached hydrogen (secondary N) is 1. The van der Waals surface area contributed by atoms with Crippen LogP contribution in [0.2, 0.25) is 0 Å². The van der Waals surface area contributed by atoms with E-state index in [0.29, 0.717) is 10.9 Å². The quantitative estimate of drug-likeness (QED) is 0.138. The highest BCUT2D eigenvalue weighted by molar-refractivity contribution is 9.09. The van der Waals surface area contributed by atoms with Gasteiger partial charge in [-0.15, -0.1) is 0 Å². The zero-order valence-electron chi connectivity index (χ0n) is 21.1. The van der Waals surface area contributed by atoms with Gasteiger partial charge in [-0.05, 0) is 31.6 Å². The highest BCUT2D eigenvalue weighted by Gasteiger charge is 2.68. The Morgan fingerprint density at radius 3 is 2.41 bits per heavy atom. The van der Waals surface area contributed by atoms with Gasteiger partial charge in [0.15, 0.2) is 11.4 Å². The summed E-state index contributed by atoms with van der Waals surface area (Å²) in [5, 5.41) is 59.1. The predicted octanol–water partition coefficient (Wildman–Crippen LogP) is 0.439. The number of phenolic OH excluding ortho intramolecular Hbond substituents is 1. The Morgan fingerprint density at radius 2 is 1.85 bits per heavy atom.